The van der Waals surface area contributed by atoms with Crippen molar-refractivity contribution in [1.29, 1.82) is 0 Å². The Hall–Kier alpha value is -1.17. The normalized spacial score (nSPS) is 13.5. The van der Waals surface area contributed by atoms with Gasteiger partial charge in [0.1, 0.15) is 4.21 Å². The average Bonchev–Trinajstić information content (AvgIpc) is 2.84. The molecule has 0 fully saturated rings. The minimum absolute atomic E-state index is 0.233. The quantitative estimate of drug-likeness (QED) is 0.926. The lowest BCUT2D eigenvalue weighted by Gasteiger charge is -2.13. The molecule has 1 heterocycles. The highest BCUT2D eigenvalue weighted by atomic mass is 32.2. The van der Waals surface area contributed by atoms with E-state index in [4.69, 9.17) is 0 Å². The van der Waals surface area contributed by atoms with Gasteiger partial charge in [-0.3, -0.25) is 0 Å². The zero-order valence-electron chi connectivity index (χ0n) is 9.33. The van der Waals surface area contributed by atoms with Crippen LogP contribution >= 0.6 is 11.3 Å². The molecule has 2 aromatic rings. The van der Waals surface area contributed by atoms with Crippen LogP contribution in [0.1, 0.15) is 18.5 Å². The minimum atomic E-state index is -3.40. The number of benzene rings is 1. The topological polar surface area (TPSA) is 46.2 Å². The van der Waals surface area contributed by atoms with Crippen LogP contribution in [0.15, 0.2) is 52.1 Å². The summed E-state index contributed by atoms with van der Waals surface area (Å²) in [6, 6.07) is 12.6. The minimum Gasteiger partial charge on any atom is -0.206 e. The van der Waals surface area contributed by atoms with Gasteiger partial charge in [-0.25, -0.2) is 13.1 Å². The lowest BCUT2D eigenvalue weighted by Crippen LogP contribution is -2.26. The highest BCUT2D eigenvalue weighted by Gasteiger charge is 2.18. The monoisotopic (exact) mass is 267 g/mol. The summed E-state index contributed by atoms with van der Waals surface area (Å²) in [6.07, 6.45) is 0. The lowest BCUT2D eigenvalue weighted by molar-refractivity contribution is 0.569. The van der Waals surface area contributed by atoms with Crippen molar-refractivity contribution in [3.63, 3.8) is 0 Å². The van der Waals surface area contributed by atoms with Crippen molar-refractivity contribution in [1.82, 2.24) is 4.72 Å². The molecule has 1 aromatic heterocycles. The Morgan fingerprint density at radius 1 is 1.12 bits per heavy atom. The summed E-state index contributed by atoms with van der Waals surface area (Å²) >= 11 is 1.22. The first-order valence-corrected chi connectivity index (χ1v) is 7.56. The highest BCUT2D eigenvalue weighted by molar-refractivity contribution is 7.91. The van der Waals surface area contributed by atoms with Gasteiger partial charge >= 0.3 is 0 Å². The maximum atomic E-state index is 12.0. The summed E-state index contributed by atoms with van der Waals surface area (Å²) in [4.78, 5) is 0. The largest absolute Gasteiger partial charge is 0.250 e. The van der Waals surface area contributed by atoms with Crippen LogP contribution < -0.4 is 4.72 Å². The molecule has 3 nitrogen and oxygen atoms in total. The summed E-state index contributed by atoms with van der Waals surface area (Å²) < 4.78 is 27.0. The predicted molar refractivity (Wildman–Crippen MR) is 69.5 cm³/mol. The molecule has 0 saturated heterocycles. The third-order valence-corrected chi connectivity index (χ3v) is 5.33. The first-order valence-electron chi connectivity index (χ1n) is 5.20. The summed E-state index contributed by atoms with van der Waals surface area (Å²) in [5.74, 6) is 0. The molecule has 1 atom stereocenters. The van der Waals surface area contributed by atoms with E-state index in [1.165, 1.54) is 11.3 Å². The van der Waals surface area contributed by atoms with Crippen molar-refractivity contribution >= 4 is 21.4 Å². The fraction of sp³-hybridized carbons (Fsp3) is 0.167. The molecule has 1 aromatic carbocycles. The molecule has 0 unspecified atom stereocenters. The van der Waals surface area contributed by atoms with Crippen molar-refractivity contribution < 1.29 is 8.42 Å². The van der Waals surface area contributed by atoms with E-state index < -0.39 is 10.0 Å². The van der Waals surface area contributed by atoms with Crippen molar-refractivity contribution in [2.45, 2.75) is 17.2 Å². The second-order valence-electron chi connectivity index (χ2n) is 3.69. The molecule has 0 aliphatic carbocycles. The molecule has 0 aliphatic rings. The van der Waals surface area contributed by atoms with Crippen molar-refractivity contribution in [2.75, 3.05) is 0 Å². The average molecular weight is 267 g/mol. The van der Waals surface area contributed by atoms with E-state index in [1.807, 2.05) is 37.3 Å². The maximum absolute atomic E-state index is 12.0. The van der Waals surface area contributed by atoms with Crippen LogP contribution in [0.4, 0.5) is 0 Å². The van der Waals surface area contributed by atoms with Gasteiger partial charge in [-0.1, -0.05) is 36.4 Å². The number of sulfonamides is 1. The summed E-state index contributed by atoms with van der Waals surface area (Å²) in [6.45, 7) is 1.83. The smallest absolute Gasteiger partial charge is 0.206 e. The van der Waals surface area contributed by atoms with Gasteiger partial charge in [0.05, 0.1) is 0 Å². The van der Waals surface area contributed by atoms with Gasteiger partial charge in [-0.05, 0) is 23.9 Å². The van der Waals surface area contributed by atoms with Gasteiger partial charge in [-0.2, -0.15) is 0 Å². The Bertz CT molecular complexity index is 562. The van der Waals surface area contributed by atoms with E-state index >= 15 is 0 Å². The van der Waals surface area contributed by atoms with E-state index in [-0.39, 0.29) is 6.04 Å². The predicted octanol–water partition coefficient (Wildman–Crippen LogP) is 2.79. The van der Waals surface area contributed by atoms with Crippen molar-refractivity contribution in [2.24, 2.45) is 0 Å². The van der Waals surface area contributed by atoms with Crippen LogP contribution in [0.5, 0.6) is 0 Å². The third kappa shape index (κ3) is 2.94. The van der Waals surface area contributed by atoms with Gasteiger partial charge in [0.15, 0.2) is 0 Å². The van der Waals surface area contributed by atoms with Crippen molar-refractivity contribution in [3.8, 4) is 0 Å². The molecule has 0 amide bonds. The Morgan fingerprint density at radius 3 is 2.41 bits per heavy atom. The van der Waals surface area contributed by atoms with E-state index in [9.17, 15) is 8.42 Å². The van der Waals surface area contributed by atoms with Gasteiger partial charge in [0, 0.05) is 6.04 Å². The fourth-order valence-electron chi connectivity index (χ4n) is 1.52. The van der Waals surface area contributed by atoms with Gasteiger partial charge in [0.2, 0.25) is 0 Å². The van der Waals surface area contributed by atoms with E-state index in [1.54, 1.807) is 17.5 Å². The van der Waals surface area contributed by atoms with E-state index in [0.29, 0.717) is 4.21 Å². The van der Waals surface area contributed by atoms with Crippen molar-refractivity contribution in [3.05, 3.63) is 53.4 Å². The molecule has 0 radical (unpaired) electrons. The molecule has 1 N–H and O–H groups in total. The van der Waals surface area contributed by atoms with Crippen LogP contribution in [0.3, 0.4) is 0 Å². The number of rotatable bonds is 4. The highest BCUT2D eigenvalue weighted by Crippen LogP contribution is 2.19. The second-order valence-corrected chi connectivity index (χ2v) is 6.57. The van der Waals surface area contributed by atoms with Crippen LogP contribution in [0.25, 0.3) is 0 Å². The van der Waals surface area contributed by atoms with E-state index in [2.05, 4.69) is 4.72 Å². The zero-order valence-corrected chi connectivity index (χ0v) is 11.0. The fourth-order valence-corrected chi connectivity index (χ4v) is 3.76. The molecular formula is C12H13NO2S2. The Balaban J connectivity index is 2.17. The van der Waals surface area contributed by atoms with Crippen LogP contribution in [0.2, 0.25) is 0 Å². The Kier molecular flexibility index (Phi) is 3.61. The Morgan fingerprint density at radius 2 is 1.82 bits per heavy atom. The number of hydrogen-bond donors (Lipinski definition) is 1. The molecule has 5 heteroatoms. The molecule has 2 rings (SSSR count). The first kappa shape index (κ1) is 12.3. The number of thiophene rings is 1. The molecule has 0 bridgehead atoms. The summed E-state index contributed by atoms with van der Waals surface area (Å²) in [5, 5.41) is 1.75. The van der Waals surface area contributed by atoms with Gasteiger partial charge < -0.3 is 0 Å². The molecule has 90 valence electrons. The molecule has 0 spiro atoms. The molecule has 0 aliphatic heterocycles. The van der Waals surface area contributed by atoms with Crippen LogP contribution in [0, 0.1) is 0 Å². The first-order chi connectivity index (χ1) is 8.09. The van der Waals surface area contributed by atoms with Crippen LogP contribution in [-0.4, -0.2) is 8.42 Å². The van der Waals surface area contributed by atoms with Crippen LogP contribution in [-0.2, 0) is 10.0 Å². The van der Waals surface area contributed by atoms with Gasteiger partial charge in [0.25, 0.3) is 10.0 Å². The number of nitrogens with one attached hydrogen (secondary N) is 1. The summed E-state index contributed by atoms with van der Waals surface area (Å²) in [7, 11) is -3.40. The van der Waals surface area contributed by atoms with Gasteiger partial charge in [-0.15, -0.1) is 11.3 Å². The van der Waals surface area contributed by atoms with E-state index in [0.717, 1.165) is 5.56 Å². The second kappa shape index (κ2) is 5.00. The Labute approximate surface area is 105 Å². The maximum Gasteiger partial charge on any atom is 0.250 e. The molecule has 17 heavy (non-hydrogen) atoms. The molecular weight excluding hydrogens is 254 g/mol. The molecule has 0 saturated carbocycles. The standard InChI is InChI=1S/C12H13NO2S2/c1-10(11-6-3-2-4-7-11)13-17(14,15)12-8-5-9-16-12/h2-10,13H,1H3/t10-/m0/s1. The number of hydrogen-bond acceptors (Lipinski definition) is 3. The summed E-state index contributed by atoms with van der Waals surface area (Å²) in [5.41, 5.74) is 0.952. The third-order valence-electron chi connectivity index (χ3n) is 2.39. The lowest BCUT2D eigenvalue weighted by atomic mass is 10.1. The zero-order chi connectivity index (χ0) is 12.3. The SMILES string of the molecule is C[C@H](NS(=O)(=O)c1cccs1)c1ccccc1.